The summed E-state index contributed by atoms with van der Waals surface area (Å²) in [6.07, 6.45) is 4.65. The maximum atomic E-state index is 12.0. The van der Waals surface area contributed by atoms with Crippen LogP contribution in [0.15, 0.2) is 0 Å². The number of aliphatic hydroxyl groups excluding tert-OH is 1. The molecule has 0 atom stereocenters. The molecule has 0 heterocycles. The number of nitrogens with one attached hydrogen (secondary N) is 1. The Kier molecular flexibility index (Phi) is 4.98. The molecule has 1 fully saturated rings. The molecule has 1 aliphatic carbocycles. The molecule has 1 saturated carbocycles. The van der Waals surface area contributed by atoms with E-state index >= 15 is 0 Å². The topological polar surface area (TPSA) is 66.4 Å². The summed E-state index contributed by atoms with van der Waals surface area (Å²) in [6.45, 7) is 5.38. The molecule has 0 aromatic heterocycles. The van der Waals surface area contributed by atoms with Crippen LogP contribution < -0.4 is 4.72 Å². The van der Waals surface area contributed by atoms with E-state index in [2.05, 4.69) is 4.72 Å². The maximum absolute atomic E-state index is 12.0. The first-order chi connectivity index (χ1) is 7.76. The molecule has 0 amide bonds. The molecule has 0 aromatic carbocycles. The van der Waals surface area contributed by atoms with Crippen molar-refractivity contribution in [2.24, 2.45) is 5.92 Å². The lowest BCUT2D eigenvalue weighted by atomic mass is 9.85. The van der Waals surface area contributed by atoms with Gasteiger partial charge in [-0.05, 0) is 58.8 Å². The van der Waals surface area contributed by atoms with Gasteiger partial charge in [0.1, 0.15) is 0 Å². The first-order valence-electron chi connectivity index (χ1n) is 6.39. The number of hydrogen-bond acceptors (Lipinski definition) is 3. The van der Waals surface area contributed by atoms with E-state index in [-0.39, 0.29) is 12.6 Å². The van der Waals surface area contributed by atoms with Crippen molar-refractivity contribution in [1.29, 1.82) is 0 Å². The minimum Gasteiger partial charge on any atom is -0.396 e. The van der Waals surface area contributed by atoms with Gasteiger partial charge in [-0.1, -0.05) is 0 Å². The predicted molar refractivity (Wildman–Crippen MR) is 69.3 cm³/mol. The van der Waals surface area contributed by atoms with Gasteiger partial charge in [0, 0.05) is 12.6 Å². The third-order valence-corrected chi connectivity index (χ3v) is 5.77. The van der Waals surface area contributed by atoms with Crippen LogP contribution in [0.1, 0.15) is 52.9 Å². The van der Waals surface area contributed by atoms with Crippen LogP contribution in [-0.2, 0) is 10.0 Å². The zero-order valence-electron chi connectivity index (χ0n) is 11.1. The van der Waals surface area contributed by atoms with E-state index in [0.29, 0.717) is 5.92 Å². The van der Waals surface area contributed by atoms with E-state index in [1.165, 1.54) is 0 Å². The average Bonchev–Trinajstić information content (AvgIpc) is 2.19. The molecular formula is C12H25NO3S. The van der Waals surface area contributed by atoms with E-state index in [1.807, 2.05) is 0 Å². The molecule has 17 heavy (non-hydrogen) atoms. The fourth-order valence-corrected chi connectivity index (χ4v) is 3.18. The number of rotatable bonds is 4. The Morgan fingerprint density at radius 3 is 2.12 bits per heavy atom. The lowest BCUT2D eigenvalue weighted by Crippen LogP contribution is -2.45. The molecule has 0 bridgehead atoms. The number of aliphatic hydroxyl groups is 1. The van der Waals surface area contributed by atoms with Crippen molar-refractivity contribution in [3.63, 3.8) is 0 Å². The second-order valence-corrected chi connectivity index (χ2v) is 8.43. The summed E-state index contributed by atoms with van der Waals surface area (Å²) in [5.74, 6) is 0.565. The van der Waals surface area contributed by atoms with Gasteiger partial charge in [-0.15, -0.1) is 0 Å². The summed E-state index contributed by atoms with van der Waals surface area (Å²) in [6, 6.07) is 0.0779. The molecule has 4 nitrogen and oxygen atoms in total. The Balaban J connectivity index is 2.46. The molecule has 1 rings (SSSR count). The van der Waals surface area contributed by atoms with Crippen LogP contribution in [0.2, 0.25) is 0 Å². The van der Waals surface area contributed by atoms with Crippen molar-refractivity contribution in [1.82, 2.24) is 4.72 Å². The van der Waals surface area contributed by atoms with Gasteiger partial charge >= 0.3 is 0 Å². The highest BCUT2D eigenvalue weighted by Crippen LogP contribution is 2.27. The Bertz CT molecular complexity index is 324. The highest BCUT2D eigenvalue weighted by atomic mass is 32.2. The van der Waals surface area contributed by atoms with Gasteiger partial charge in [0.2, 0.25) is 10.0 Å². The van der Waals surface area contributed by atoms with Crippen LogP contribution in [0.4, 0.5) is 0 Å². The predicted octanol–water partition coefficient (Wildman–Crippen LogP) is 1.65. The van der Waals surface area contributed by atoms with Crippen LogP contribution in [-0.4, -0.2) is 30.9 Å². The van der Waals surface area contributed by atoms with Crippen molar-refractivity contribution < 1.29 is 13.5 Å². The van der Waals surface area contributed by atoms with Crippen molar-refractivity contribution in [2.75, 3.05) is 6.61 Å². The summed E-state index contributed by atoms with van der Waals surface area (Å²) < 4.78 is 26.0. The van der Waals surface area contributed by atoms with Gasteiger partial charge < -0.3 is 5.11 Å². The van der Waals surface area contributed by atoms with Gasteiger partial charge in [-0.2, -0.15) is 0 Å². The average molecular weight is 263 g/mol. The molecule has 102 valence electrons. The highest BCUT2D eigenvalue weighted by Gasteiger charge is 2.32. The summed E-state index contributed by atoms with van der Waals surface area (Å²) in [4.78, 5) is 0. The lowest BCUT2D eigenvalue weighted by Gasteiger charge is -2.31. The molecule has 0 aromatic rings. The molecule has 0 aliphatic heterocycles. The third-order valence-electron chi connectivity index (χ3n) is 3.51. The zero-order valence-corrected chi connectivity index (χ0v) is 11.9. The molecule has 0 spiro atoms. The fourth-order valence-electron chi connectivity index (χ4n) is 2.15. The lowest BCUT2D eigenvalue weighted by molar-refractivity contribution is 0.219. The van der Waals surface area contributed by atoms with Crippen molar-refractivity contribution >= 4 is 10.0 Å². The van der Waals surface area contributed by atoms with E-state index in [0.717, 1.165) is 32.1 Å². The molecule has 0 saturated heterocycles. The Labute approximate surface area is 105 Å². The molecule has 5 heteroatoms. The summed E-state index contributed by atoms with van der Waals surface area (Å²) in [5.41, 5.74) is 0. The highest BCUT2D eigenvalue weighted by molar-refractivity contribution is 7.90. The van der Waals surface area contributed by atoms with Gasteiger partial charge in [0.05, 0.1) is 4.75 Å². The molecule has 0 unspecified atom stereocenters. The van der Waals surface area contributed by atoms with Gasteiger partial charge in [-0.25, -0.2) is 13.1 Å². The first-order valence-corrected chi connectivity index (χ1v) is 7.87. The van der Waals surface area contributed by atoms with E-state index in [4.69, 9.17) is 5.11 Å². The second-order valence-electron chi connectivity index (χ2n) is 5.96. The summed E-state index contributed by atoms with van der Waals surface area (Å²) in [7, 11) is -3.23. The van der Waals surface area contributed by atoms with E-state index < -0.39 is 14.8 Å². The van der Waals surface area contributed by atoms with E-state index in [1.54, 1.807) is 20.8 Å². The molecule has 2 N–H and O–H groups in total. The minimum atomic E-state index is -3.23. The molecule has 1 aliphatic rings. The van der Waals surface area contributed by atoms with Crippen LogP contribution in [0.25, 0.3) is 0 Å². The normalized spacial score (nSPS) is 27.1. The number of sulfonamides is 1. The van der Waals surface area contributed by atoms with Crippen molar-refractivity contribution in [2.45, 2.75) is 63.7 Å². The van der Waals surface area contributed by atoms with Crippen molar-refractivity contribution in [3.8, 4) is 0 Å². The first kappa shape index (κ1) is 14.9. The smallest absolute Gasteiger partial charge is 0.216 e. The third kappa shape index (κ3) is 4.23. The molecular weight excluding hydrogens is 238 g/mol. The molecule has 0 radical (unpaired) electrons. The monoisotopic (exact) mass is 263 g/mol. The number of hydrogen-bond donors (Lipinski definition) is 2. The minimum absolute atomic E-state index is 0.0779. The zero-order chi connectivity index (χ0) is 13.1. The van der Waals surface area contributed by atoms with Crippen LogP contribution >= 0.6 is 0 Å². The quantitative estimate of drug-likeness (QED) is 0.810. The van der Waals surface area contributed by atoms with Crippen molar-refractivity contribution in [3.05, 3.63) is 0 Å². The van der Waals surface area contributed by atoms with E-state index in [9.17, 15) is 8.42 Å². The Morgan fingerprint density at radius 2 is 1.71 bits per heavy atom. The maximum Gasteiger partial charge on any atom is 0.216 e. The van der Waals surface area contributed by atoms with Crippen LogP contribution in [0.3, 0.4) is 0 Å². The Morgan fingerprint density at radius 1 is 1.18 bits per heavy atom. The SMILES string of the molecule is CC(C)(C)S(=O)(=O)NC1CCC(CCO)CC1. The summed E-state index contributed by atoms with van der Waals surface area (Å²) >= 11 is 0. The van der Waals surface area contributed by atoms with Gasteiger partial charge in [0.15, 0.2) is 0 Å². The fraction of sp³-hybridized carbons (Fsp3) is 1.00. The Hall–Kier alpha value is -0.130. The van der Waals surface area contributed by atoms with Crippen LogP contribution in [0, 0.1) is 5.92 Å². The summed E-state index contributed by atoms with van der Waals surface area (Å²) in [5, 5.41) is 8.87. The van der Waals surface area contributed by atoms with Gasteiger partial charge in [0.25, 0.3) is 0 Å². The standard InChI is InChI=1S/C12H25NO3S/c1-12(2,3)17(15,16)13-11-6-4-10(5-7-11)8-9-14/h10-11,13-14H,4-9H2,1-3H3. The second kappa shape index (κ2) is 5.67. The van der Waals surface area contributed by atoms with Crippen LogP contribution in [0.5, 0.6) is 0 Å². The largest absolute Gasteiger partial charge is 0.396 e. The van der Waals surface area contributed by atoms with Gasteiger partial charge in [-0.3, -0.25) is 0 Å².